The summed E-state index contributed by atoms with van der Waals surface area (Å²) in [4.78, 5) is 26.0. The van der Waals surface area contributed by atoms with Gasteiger partial charge in [0.1, 0.15) is 5.75 Å². The van der Waals surface area contributed by atoms with Gasteiger partial charge in [-0.1, -0.05) is 30.3 Å². The van der Waals surface area contributed by atoms with E-state index in [4.69, 9.17) is 4.74 Å². The summed E-state index contributed by atoms with van der Waals surface area (Å²) in [5, 5.41) is 0. The molecule has 3 rings (SSSR count). The van der Waals surface area contributed by atoms with E-state index >= 15 is 0 Å². The van der Waals surface area contributed by atoms with E-state index in [9.17, 15) is 9.59 Å². The molecule has 1 aliphatic rings. The van der Waals surface area contributed by atoms with Crippen molar-refractivity contribution in [1.29, 1.82) is 0 Å². The minimum absolute atomic E-state index is 0.155. The first-order valence-corrected chi connectivity index (χ1v) is 7.33. The van der Waals surface area contributed by atoms with Crippen LogP contribution in [0, 0.1) is 0 Å². The first kappa shape index (κ1) is 14.3. The standard InChI is InChI=1S/C18H17NO3/c1-2-22-15-9-7-13(8-10-15)12-19-17(20)11-14-5-3-4-6-16(14)18(19)21/h3-10H,2,11-12H2,1H3. The molecule has 1 heterocycles. The number of ether oxygens (including phenoxy) is 1. The Balaban J connectivity index is 1.80. The van der Waals surface area contributed by atoms with E-state index in [1.165, 1.54) is 4.90 Å². The number of hydrogen-bond acceptors (Lipinski definition) is 3. The van der Waals surface area contributed by atoms with Gasteiger partial charge in [-0.2, -0.15) is 0 Å². The lowest BCUT2D eigenvalue weighted by atomic mass is 9.98. The highest BCUT2D eigenvalue weighted by molar-refractivity contribution is 6.09. The third-order valence-corrected chi connectivity index (χ3v) is 3.71. The number of fused-ring (bicyclic) bond motifs is 1. The van der Waals surface area contributed by atoms with Crippen molar-refractivity contribution in [3.05, 3.63) is 65.2 Å². The van der Waals surface area contributed by atoms with Gasteiger partial charge in [0, 0.05) is 5.56 Å². The van der Waals surface area contributed by atoms with Crippen molar-refractivity contribution < 1.29 is 14.3 Å². The largest absolute Gasteiger partial charge is 0.494 e. The summed E-state index contributed by atoms with van der Waals surface area (Å²) in [6.07, 6.45) is 0.277. The molecule has 0 bridgehead atoms. The van der Waals surface area contributed by atoms with Crippen molar-refractivity contribution in [3.63, 3.8) is 0 Å². The molecule has 0 atom stereocenters. The molecule has 0 unspecified atom stereocenters. The third kappa shape index (κ3) is 2.72. The molecule has 0 aliphatic carbocycles. The van der Waals surface area contributed by atoms with Crippen LogP contribution in [-0.4, -0.2) is 23.3 Å². The Kier molecular flexibility index (Phi) is 3.92. The quantitative estimate of drug-likeness (QED) is 0.815. The summed E-state index contributed by atoms with van der Waals surface area (Å²) in [5.41, 5.74) is 2.33. The second-order valence-electron chi connectivity index (χ2n) is 5.20. The van der Waals surface area contributed by atoms with Crippen molar-refractivity contribution >= 4 is 11.8 Å². The first-order chi connectivity index (χ1) is 10.7. The Morgan fingerprint density at radius 2 is 1.77 bits per heavy atom. The molecule has 0 radical (unpaired) electrons. The molecular formula is C18H17NO3. The minimum Gasteiger partial charge on any atom is -0.494 e. The van der Waals surface area contributed by atoms with E-state index in [1.807, 2.05) is 49.4 Å². The van der Waals surface area contributed by atoms with Crippen molar-refractivity contribution in [3.8, 4) is 5.75 Å². The number of benzene rings is 2. The predicted molar refractivity (Wildman–Crippen MR) is 82.6 cm³/mol. The van der Waals surface area contributed by atoms with Gasteiger partial charge in [-0.25, -0.2) is 0 Å². The molecule has 0 saturated carbocycles. The number of amides is 2. The molecule has 0 fully saturated rings. The molecule has 22 heavy (non-hydrogen) atoms. The molecule has 0 spiro atoms. The average molecular weight is 295 g/mol. The van der Waals surface area contributed by atoms with E-state index in [2.05, 4.69) is 0 Å². The van der Waals surface area contributed by atoms with Gasteiger partial charge in [-0.05, 0) is 36.2 Å². The van der Waals surface area contributed by atoms with Gasteiger partial charge in [0.15, 0.2) is 0 Å². The Hall–Kier alpha value is -2.62. The average Bonchev–Trinajstić information content (AvgIpc) is 2.53. The number of hydrogen-bond donors (Lipinski definition) is 0. The SMILES string of the molecule is CCOc1ccc(CN2C(=O)Cc3ccccc3C2=O)cc1. The highest BCUT2D eigenvalue weighted by Gasteiger charge is 2.30. The van der Waals surface area contributed by atoms with Crippen LogP contribution in [0.2, 0.25) is 0 Å². The molecule has 4 nitrogen and oxygen atoms in total. The summed E-state index contributed by atoms with van der Waals surface area (Å²) in [5.74, 6) is 0.409. The van der Waals surface area contributed by atoms with Crippen molar-refractivity contribution in [2.24, 2.45) is 0 Å². The van der Waals surface area contributed by atoms with Crippen LogP contribution in [0.15, 0.2) is 48.5 Å². The smallest absolute Gasteiger partial charge is 0.261 e. The van der Waals surface area contributed by atoms with Crippen LogP contribution >= 0.6 is 0 Å². The maximum Gasteiger partial charge on any atom is 0.261 e. The number of carbonyl (C=O) groups excluding carboxylic acids is 2. The van der Waals surface area contributed by atoms with Crippen LogP contribution in [0.3, 0.4) is 0 Å². The fourth-order valence-corrected chi connectivity index (χ4v) is 2.60. The summed E-state index contributed by atoms with van der Waals surface area (Å²) in [6.45, 7) is 2.83. The van der Waals surface area contributed by atoms with Gasteiger partial charge in [0.05, 0.1) is 19.6 Å². The maximum absolute atomic E-state index is 12.5. The Morgan fingerprint density at radius 1 is 1.05 bits per heavy atom. The summed E-state index contributed by atoms with van der Waals surface area (Å²) in [6, 6.07) is 14.7. The zero-order chi connectivity index (χ0) is 15.5. The van der Waals surface area contributed by atoms with Crippen LogP contribution in [0.4, 0.5) is 0 Å². The molecular weight excluding hydrogens is 278 g/mol. The van der Waals surface area contributed by atoms with Gasteiger partial charge in [0.25, 0.3) is 5.91 Å². The van der Waals surface area contributed by atoms with E-state index in [1.54, 1.807) is 6.07 Å². The van der Waals surface area contributed by atoms with Crippen molar-refractivity contribution in [2.45, 2.75) is 19.9 Å². The van der Waals surface area contributed by atoms with Crippen LogP contribution in [-0.2, 0) is 17.8 Å². The van der Waals surface area contributed by atoms with Crippen LogP contribution in [0.25, 0.3) is 0 Å². The monoisotopic (exact) mass is 295 g/mol. The fourth-order valence-electron chi connectivity index (χ4n) is 2.60. The van der Waals surface area contributed by atoms with Crippen LogP contribution in [0.1, 0.15) is 28.4 Å². The molecule has 4 heteroatoms. The topological polar surface area (TPSA) is 46.6 Å². The Morgan fingerprint density at radius 3 is 2.50 bits per heavy atom. The lowest BCUT2D eigenvalue weighted by molar-refractivity contribution is -0.128. The Labute approximate surface area is 129 Å². The third-order valence-electron chi connectivity index (χ3n) is 3.71. The van der Waals surface area contributed by atoms with Gasteiger partial charge in [-0.15, -0.1) is 0 Å². The second-order valence-corrected chi connectivity index (χ2v) is 5.20. The molecule has 112 valence electrons. The summed E-state index contributed by atoms with van der Waals surface area (Å²) >= 11 is 0. The molecule has 0 N–H and O–H groups in total. The van der Waals surface area contributed by atoms with Crippen molar-refractivity contribution in [2.75, 3.05) is 6.61 Å². The minimum atomic E-state index is -0.222. The van der Waals surface area contributed by atoms with Gasteiger partial charge in [-0.3, -0.25) is 14.5 Å². The zero-order valence-electron chi connectivity index (χ0n) is 12.4. The maximum atomic E-state index is 12.5. The van der Waals surface area contributed by atoms with E-state index < -0.39 is 0 Å². The van der Waals surface area contributed by atoms with Gasteiger partial charge >= 0.3 is 0 Å². The number of nitrogens with zero attached hydrogens (tertiary/aromatic N) is 1. The summed E-state index contributed by atoms with van der Waals surface area (Å²) in [7, 11) is 0. The lowest BCUT2D eigenvalue weighted by Crippen LogP contribution is -2.41. The van der Waals surface area contributed by atoms with Crippen LogP contribution < -0.4 is 4.74 Å². The molecule has 2 aromatic rings. The fraction of sp³-hybridized carbons (Fsp3) is 0.222. The molecule has 0 aromatic heterocycles. The highest BCUT2D eigenvalue weighted by atomic mass is 16.5. The van der Waals surface area contributed by atoms with Crippen LogP contribution in [0.5, 0.6) is 5.75 Å². The van der Waals surface area contributed by atoms with Crippen molar-refractivity contribution in [1.82, 2.24) is 4.90 Å². The molecule has 1 aliphatic heterocycles. The second kappa shape index (κ2) is 6.02. The lowest BCUT2D eigenvalue weighted by Gasteiger charge is -2.26. The molecule has 2 amide bonds. The number of imide groups is 1. The molecule has 0 saturated heterocycles. The predicted octanol–water partition coefficient (Wildman–Crippen LogP) is 2.81. The number of carbonyl (C=O) groups is 2. The zero-order valence-corrected chi connectivity index (χ0v) is 12.4. The van der Waals surface area contributed by atoms with E-state index in [0.29, 0.717) is 18.7 Å². The normalized spacial score (nSPS) is 14.0. The van der Waals surface area contributed by atoms with Gasteiger partial charge < -0.3 is 4.74 Å². The van der Waals surface area contributed by atoms with E-state index in [-0.39, 0.29) is 18.2 Å². The number of rotatable bonds is 4. The van der Waals surface area contributed by atoms with Gasteiger partial charge in [0.2, 0.25) is 5.91 Å². The Bertz CT molecular complexity index is 707. The highest BCUT2D eigenvalue weighted by Crippen LogP contribution is 2.22. The molecule has 2 aromatic carbocycles. The summed E-state index contributed by atoms with van der Waals surface area (Å²) < 4.78 is 5.39. The van der Waals surface area contributed by atoms with E-state index in [0.717, 1.165) is 16.9 Å². The first-order valence-electron chi connectivity index (χ1n) is 7.33.